The van der Waals surface area contributed by atoms with Gasteiger partial charge in [-0.15, -0.1) is 0 Å². The molecule has 0 aliphatic heterocycles. The van der Waals surface area contributed by atoms with E-state index in [0.29, 0.717) is 12.8 Å². The number of anilines is 1. The molecule has 1 aromatic rings. The van der Waals surface area contributed by atoms with E-state index in [4.69, 9.17) is 10.4 Å². The summed E-state index contributed by atoms with van der Waals surface area (Å²) in [6, 6.07) is 5.33. The van der Waals surface area contributed by atoms with Gasteiger partial charge in [0.2, 0.25) is 5.91 Å². The summed E-state index contributed by atoms with van der Waals surface area (Å²) in [5.74, 6) is -3.58. The Balaban J connectivity index is 2.16. The zero-order valence-corrected chi connectivity index (χ0v) is 11.0. The lowest BCUT2D eigenvalue weighted by molar-refractivity contribution is -0.146. The minimum atomic E-state index is -1.02. The number of amides is 1. The topological polar surface area (TPSA) is 90.2 Å². The van der Waals surface area contributed by atoms with Crippen molar-refractivity contribution in [2.24, 2.45) is 11.8 Å². The number of carboxylic acid groups (broad SMARTS) is 1. The molecule has 108 valence electrons. The molecule has 0 saturated heterocycles. The third-order valence-electron chi connectivity index (χ3n) is 3.44. The van der Waals surface area contributed by atoms with Crippen molar-refractivity contribution in [2.45, 2.75) is 12.8 Å². The van der Waals surface area contributed by atoms with Gasteiger partial charge in [0.15, 0.2) is 0 Å². The maximum atomic E-state index is 13.2. The molecule has 1 aliphatic rings. The third-order valence-corrected chi connectivity index (χ3v) is 3.44. The molecule has 0 spiro atoms. The average Bonchev–Trinajstić information content (AvgIpc) is 2.49. The Morgan fingerprint density at radius 2 is 1.95 bits per heavy atom. The van der Waals surface area contributed by atoms with E-state index in [2.05, 4.69) is 5.32 Å². The molecule has 0 radical (unpaired) electrons. The van der Waals surface area contributed by atoms with E-state index >= 15 is 0 Å². The second-order valence-electron chi connectivity index (χ2n) is 4.79. The van der Waals surface area contributed by atoms with Gasteiger partial charge in [-0.2, -0.15) is 5.26 Å². The number of allylic oxidation sites excluding steroid dienone is 2. The Morgan fingerprint density at radius 1 is 1.29 bits per heavy atom. The van der Waals surface area contributed by atoms with Crippen LogP contribution >= 0.6 is 0 Å². The van der Waals surface area contributed by atoms with Crippen molar-refractivity contribution in [1.29, 1.82) is 5.26 Å². The number of nitrogens with zero attached hydrogens (tertiary/aromatic N) is 1. The lowest BCUT2D eigenvalue weighted by Gasteiger charge is -2.24. The van der Waals surface area contributed by atoms with Crippen LogP contribution in [0.3, 0.4) is 0 Å². The third kappa shape index (κ3) is 3.26. The van der Waals surface area contributed by atoms with Crippen LogP contribution in [0, 0.1) is 29.0 Å². The van der Waals surface area contributed by atoms with E-state index in [1.165, 1.54) is 12.1 Å². The molecule has 0 bridgehead atoms. The van der Waals surface area contributed by atoms with Gasteiger partial charge in [0.25, 0.3) is 0 Å². The number of nitriles is 1. The summed E-state index contributed by atoms with van der Waals surface area (Å²) in [5.41, 5.74) is 0.0998. The summed E-state index contributed by atoms with van der Waals surface area (Å²) in [7, 11) is 0. The van der Waals surface area contributed by atoms with E-state index in [1.54, 1.807) is 18.2 Å². The highest BCUT2D eigenvalue weighted by atomic mass is 19.1. The van der Waals surface area contributed by atoms with Crippen molar-refractivity contribution >= 4 is 17.6 Å². The zero-order chi connectivity index (χ0) is 15.4. The van der Waals surface area contributed by atoms with Gasteiger partial charge in [0.05, 0.1) is 17.4 Å². The maximum Gasteiger partial charge on any atom is 0.307 e. The first-order valence-electron chi connectivity index (χ1n) is 6.41. The van der Waals surface area contributed by atoms with Crippen molar-refractivity contribution in [2.75, 3.05) is 5.32 Å². The Morgan fingerprint density at radius 3 is 2.57 bits per heavy atom. The van der Waals surface area contributed by atoms with E-state index in [9.17, 15) is 14.0 Å². The Hall–Kier alpha value is -2.68. The fraction of sp³-hybridized carbons (Fsp3) is 0.267. The van der Waals surface area contributed by atoms with Gasteiger partial charge in [-0.1, -0.05) is 12.2 Å². The first-order chi connectivity index (χ1) is 10.0. The summed E-state index contributed by atoms with van der Waals surface area (Å²) >= 11 is 0. The zero-order valence-electron chi connectivity index (χ0n) is 11.0. The summed E-state index contributed by atoms with van der Waals surface area (Å²) in [6.45, 7) is 0. The van der Waals surface area contributed by atoms with Crippen LogP contribution < -0.4 is 5.32 Å². The predicted molar refractivity (Wildman–Crippen MR) is 72.7 cm³/mol. The highest BCUT2D eigenvalue weighted by molar-refractivity contribution is 5.95. The number of hydrogen-bond acceptors (Lipinski definition) is 3. The quantitative estimate of drug-likeness (QED) is 0.835. The molecule has 1 amide bonds. The number of nitrogens with one attached hydrogen (secondary N) is 1. The summed E-state index contributed by atoms with van der Waals surface area (Å²) < 4.78 is 13.2. The van der Waals surface area contributed by atoms with Crippen LogP contribution in [0.1, 0.15) is 18.4 Å². The molecule has 1 aromatic carbocycles. The Bertz CT molecular complexity index is 649. The molecule has 6 heteroatoms. The lowest BCUT2D eigenvalue weighted by atomic mass is 9.82. The monoisotopic (exact) mass is 288 g/mol. The number of benzene rings is 1. The molecular formula is C15H13FN2O3. The highest BCUT2D eigenvalue weighted by Crippen LogP contribution is 2.27. The molecule has 2 unspecified atom stereocenters. The minimum Gasteiger partial charge on any atom is -0.481 e. The Kier molecular flexibility index (Phi) is 4.33. The van der Waals surface area contributed by atoms with E-state index < -0.39 is 29.5 Å². The summed E-state index contributed by atoms with van der Waals surface area (Å²) in [5, 5.41) is 20.4. The molecular weight excluding hydrogens is 275 g/mol. The number of carboxylic acids is 1. The van der Waals surface area contributed by atoms with Crippen molar-refractivity contribution < 1.29 is 19.1 Å². The maximum absolute atomic E-state index is 13.2. The first-order valence-corrected chi connectivity index (χ1v) is 6.41. The molecule has 0 heterocycles. The second-order valence-corrected chi connectivity index (χ2v) is 4.79. The van der Waals surface area contributed by atoms with Crippen molar-refractivity contribution in [1.82, 2.24) is 0 Å². The largest absolute Gasteiger partial charge is 0.481 e. The average molecular weight is 288 g/mol. The van der Waals surface area contributed by atoms with Crippen LogP contribution in [0.5, 0.6) is 0 Å². The molecule has 0 saturated carbocycles. The smallest absolute Gasteiger partial charge is 0.307 e. The first kappa shape index (κ1) is 14.7. The normalized spacial score (nSPS) is 20.6. The number of carbonyl (C=O) groups is 2. The fourth-order valence-corrected chi connectivity index (χ4v) is 2.30. The van der Waals surface area contributed by atoms with Crippen molar-refractivity contribution in [3.63, 3.8) is 0 Å². The van der Waals surface area contributed by atoms with Crippen LogP contribution in [-0.4, -0.2) is 17.0 Å². The molecule has 2 N–H and O–H groups in total. The molecule has 0 fully saturated rings. The van der Waals surface area contributed by atoms with Crippen LogP contribution in [0.15, 0.2) is 30.4 Å². The highest BCUT2D eigenvalue weighted by Gasteiger charge is 2.33. The molecule has 21 heavy (non-hydrogen) atoms. The van der Waals surface area contributed by atoms with E-state index in [1.807, 2.05) is 0 Å². The molecule has 1 aliphatic carbocycles. The van der Waals surface area contributed by atoms with Crippen LogP contribution in [0.4, 0.5) is 10.1 Å². The second kappa shape index (κ2) is 6.18. The number of hydrogen-bond donors (Lipinski definition) is 2. The number of aliphatic carboxylic acids is 1. The van der Waals surface area contributed by atoms with Crippen molar-refractivity contribution in [3.8, 4) is 6.07 Å². The van der Waals surface area contributed by atoms with Crippen molar-refractivity contribution in [3.05, 3.63) is 41.7 Å². The molecule has 0 aromatic heterocycles. The SMILES string of the molecule is N#Cc1cc(NC(=O)C2CC=CCC2C(=O)O)ccc1F. The van der Waals surface area contributed by atoms with E-state index in [0.717, 1.165) is 6.07 Å². The summed E-state index contributed by atoms with van der Waals surface area (Å²) in [4.78, 5) is 23.3. The lowest BCUT2D eigenvalue weighted by Crippen LogP contribution is -2.34. The Labute approximate surface area is 120 Å². The van der Waals surface area contributed by atoms with Gasteiger partial charge in [-0.05, 0) is 31.0 Å². The number of carbonyl (C=O) groups excluding carboxylic acids is 1. The molecule has 5 nitrogen and oxygen atoms in total. The van der Waals surface area contributed by atoms with E-state index in [-0.39, 0.29) is 11.3 Å². The van der Waals surface area contributed by atoms with Gasteiger partial charge in [-0.25, -0.2) is 4.39 Å². The van der Waals surface area contributed by atoms with Crippen LogP contribution in [0.2, 0.25) is 0 Å². The number of rotatable bonds is 3. The van der Waals surface area contributed by atoms with Gasteiger partial charge >= 0.3 is 5.97 Å². The van der Waals surface area contributed by atoms with Gasteiger partial charge in [0.1, 0.15) is 11.9 Å². The minimum absolute atomic E-state index is 0.175. The van der Waals surface area contributed by atoms with Crippen LogP contribution in [-0.2, 0) is 9.59 Å². The summed E-state index contributed by atoms with van der Waals surface area (Å²) in [6.07, 6.45) is 4.17. The van der Waals surface area contributed by atoms with Gasteiger partial charge in [-0.3, -0.25) is 9.59 Å². The molecule has 2 rings (SSSR count). The number of halogens is 1. The standard InChI is InChI=1S/C15H13FN2O3/c16-13-6-5-10(7-9(13)8-17)18-14(19)11-3-1-2-4-12(11)15(20)21/h1-2,5-7,11-12H,3-4H2,(H,18,19)(H,20,21). The van der Waals surface area contributed by atoms with Crippen LogP contribution in [0.25, 0.3) is 0 Å². The van der Waals surface area contributed by atoms with Gasteiger partial charge in [0, 0.05) is 5.69 Å². The van der Waals surface area contributed by atoms with Gasteiger partial charge < -0.3 is 10.4 Å². The predicted octanol–water partition coefficient (Wildman–Crippen LogP) is 2.30. The fourth-order valence-electron chi connectivity index (χ4n) is 2.30. The molecule has 2 atom stereocenters.